The predicted molar refractivity (Wildman–Crippen MR) is 59.2 cm³/mol. The Kier molecular flexibility index (Phi) is 3.53. The summed E-state index contributed by atoms with van der Waals surface area (Å²) in [5.41, 5.74) is 4.52. The molecule has 0 heterocycles. The molecule has 0 saturated carbocycles. The van der Waals surface area contributed by atoms with Crippen molar-refractivity contribution >= 4 is 8.07 Å². The Morgan fingerprint density at radius 1 is 1.38 bits per heavy atom. The first-order chi connectivity index (χ1) is 6.08. The fourth-order valence-corrected chi connectivity index (χ4v) is 1.45. The van der Waals surface area contributed by atoms with E-state index in [9.17, 15) is 0 Å². The Balaban J connectivity index is 2.09. The molecule has 1 aliphatic rings. The Labute approximate surface area is 81.5 Å². The third-order valence-corrected chi connectivity index (χ3v) is 2.45. The molecule has 0 spiro atoms. The first-order valence-electron chi connectivity index (χ1n) is 4.53. The topological polar surface area (TPSA) is 9.23 Å². The second kappa shape index (κ2) is 4.45. The molecule has 0 aliphatic heterocycles. The van der Waals surface area contributed by atoms with Crippen LogP contribution in [0.4, 0.5) is 0 Å². The van der Waals surface area contributed by atoms with E-state index in [0.717, 1.165) is 0 Å². The van der Waals surface area contributed by atoms with Crippen LogP contribution >= 0.6 is 0 Å². The highest BCUT2D eigenvalue weighted by Gasteiger charge is 2.06. The number of hydrogen-bond donors (Lipinski definition) is 0. The molecule has 1 aliphatic carbocycles. The summed E-state index contributed by atoms with van der Waals surface area (Å²) in [4.78, 5) is 0. The second-order valence-electron chi connectivity index (χ2n) is 4.15. The molecular weight excluding hydrogens is 176 g/mol. The summed E-state index contributed by atoms with van der Waals surface area (Å²) in [5, 5.41) is 0. The zero-order chi connectivity index (χ0) is 9.73. The number of allylic oxidation sites excluding steroid dienone is 2. The summed E-state index contributed by atoms with van der Waals surface area (Å²) in [5.74, 6) is 3.07. The van der Waals surface area contributed by atoms with E-state index >= 15 is 0 Å². The van der Waals surface area contributed by atoms with Gasteiger partial charge in [0.15, 0.2) is 0 Å². The van der Waals surface area contributed by atoms with Crippen molar-refractivity contribution in [3.05, 3.63) is 23.8 Å². The van der Waals surface area contributed by atoms with Crippen molar-refractivity contribution in [2.75, 3.05) is 13.2 Å². The standard InChI is InChI=1S/C11H16OSi/c1-13(2,3)9-5-8-12-10-11-6-4-7-11/h4,6-7H,8,10H2,1-3H3. The lowest BCUT2D eigenvalue weighted by molar-refractivity contribution is 0.193. The smallest absolute Gasteiger partial charge is 0.129 e. The molecule has 0 fully saturated rings. The minimum Gasteiger partial charge on any atom is -0.364 e. The van der Waals surface area contributed by atoms with Gasteiger partial charge in [-0.3, -0.25) is 0 Å². The Bertz CT molecular complexity index is 283. The van der Waals surface area contributed by atoms with E-state index in [0.29, 0.717) is 13.2 Å². The van der Waals surface area contributed by atoms with Crippen LogP contribution in [0.1, 0.15) is 0 Å². The van der Waals surface area contributed by atoms with Crippen LogP contribution < -0.4 is 0 Å². The lowest BCUT2D eigenvalue weighted by Gasteiger charge is -2.06. The summed E-state index contributed by atoms with van der Waals surface area (Å²) in [6, 6.07) is 0. The summed E-state index contributed by atoms with van der Waals surface area (Å²) in [7, 11) is -1.20. The highest BCUT2D eigenvalue weighted by molar-refractivity contribution is 6.83. The Morgan fingerprint density at radius 3 is 2.54 bits per heavy atom. The fourth-order valence-electron chi connectivity index (χ4n) is 0.850. The van der Waals surface area contributed by atoms with E-state index in [1.165, 1.54) is 5.57 Å². The molecule has 0 unspecified atom stereocenters. The number of ether oxygens (including phenoxy) is 1. The maximum Gasteiger partial charge on any atom is 0.129 e. The molecule has 0 aromatic heterocycles. The highest BCUT2D eigenvalue weighted by atomic mass is 28.3. The summed E-state index contributed by atoms with van der Waals surface area (Å²) in [6.45, 7) is 7.97. The largest absolute Gasteiger partial charge is 0.364 e. The Hall–Kier alpha value is -0.783. The maximum absolute atomic E-state index is 5.36. The molecule has 0 aromatic carbocycles. The lowest BCUT2D eigenvalue weighted by atomic mass is 10.1. The maximum atomic E-state index is 5.36. The number of hydrogen-bond acceptors (Lipinski definition) is 1. The second-order valence-corrected chi connectivity index (χ2v) is 8.90. The minimum atomic E-state index is -1.20. The van der Waals surface area contributed by atoms with Gasteiger partial charge in [-0.05, 0) is 5.57 Å². The first kappa shape index (κ1) is 10.3. The van der Waals surface area contributed by atoms with Crippen LogP contribution in [0.3, 0.4) is 0 Å². The zero-order valence-corrected chi connectivity index (χ0v) is 9.55. The molecule has 1 nitrogen and oxygen atoms in total. The van der Waals surface area contributed by atoms with E-state index < -0.39 is 8.07 Å². The van der Waals surface area contributed by atoms with E-state index in [2.05, 4.69) is 43.3 Å². The normalized spacial score (nSPS) is 14.2. The highest BCUT2D eigenvalue weighted by Crippen LogP contribution is 2.06. The van der Waals surface area contributed by atoms with Gasteiger partial charge in [0.05, 0.1) is 6.61 Å². The van der Waals surface area contributed by atoms with Crippen molar-refractivity contribution in [2.45, 2.75) is 19.6 Å². The van der Waals surface area contributed by atoms with E-state index in [-0.39, 0.29) is 0 Å². The molecule has 0 saturated heterocycles. The van der Waals surface area contributed by atoms with Gasteiger partial charge in [0, 0.05) is 0 Å². The average molecular weight is 192 g/mol. The van der Waals surface area contributed by atoms with Crippen molar-refractivity contribution in [3.8, 4) is 11.5 Å². The fraction of sp³-hybridized carbons (Fsp3) is 0.455. The van der Waals surface area contributed by atoms with Crippen LogP contribution in [-0.2, 0) is 4.74 Å². The van der Waals surface area contributed by atoms with Gasteiger partial charge < -0.3 is 4.74 Å². The van der Waals surface area contributed by atoms with Crippen LogP contribution in [0.25, 0.3) is 0 Å². The van der Waals surface area contributed by atoms with Crippen LogP contribution in [-0.4, -0.2) is 21.3 Å². The average Bonchev–Trinajstić information content (AvgIpc) is 1.90. The minimum absolute atomic E-state index is 0.565. The first-order valence-corrected chi connectivity index (χ1v) is 8.03. The van der Waals surface area contributed by atoms with Crippen molar-refractivity contribution in [2.24, 2.45) is 0 Å². The third-order valence-electron chi connectivity index (χ3n) is 1.53. The van der Waals surface area contributed by atoms with Gasteiger partial charge in [-0.1, -0.05) is 43.8 Å². The molecule has 0 atom stereocenters. The van der Waals surface area contributed by atoms with E-state index in [4.69, 9.17) is 4.74 Å². The van der Waals surface area contributed by atoms with Crippen LogP contribution in [0.2, 0.25) is 19.6 Å². The van der Waals surface area contributed by atoms with E-state index in [1.54, 1.807) is 0 Å². The van der Waals surface area contributed by atoms with Crippen molar-refractivity contribution in [3.63, 3.8) is 0 Å². The quantitative estimate of drug-likeness (QED) is 0.379. The summed E-state index contributed by atoms with van der Waals surface area (Å²) < 4.78 is 5.36. The van der Waals surface area contributed by atoms with Crippen LogP contribution in [0.15, 0.2) is 23.8 Å². The van der Waals surface area contributed by atoms with Crippen molar-refractivity contribution in [1.29, 1.82) is 0 Å². The van der Waals surface area contributed by atoms with E-state index in [1.807, 2.05) is 6.08 Å². The van der Waals surface area contributed by atoms with Gasteiger partial charge in [0.1, 0.15) is 14.7 Å². The molecule has 0 bridgehead atoms. The zero-order valence-electron chi connectivity index (χ0n) is 8.55. The molecule has 1 rings (SSSR count). The van der Waals surface area contributed by atoms with Crippen molar-refractivity contribution < 1.29 is 4.74 Å². The van der Waals surface area contributed by atoms with Gasteiger partial charge >= 0.3 is 0 Å². The summed E-state index contributed by atoms with van der Waals surface area (Å²) >= 11 is 0. The van der Waals surface area contributed by atoms with Gasteiger partial charge in [0.25, 0.3) is 0 Å². The van der Waals surface area contributed by atoms with Gasteiger partial charge in [0.2, 0.25) is 0 Å². The SMILES string of the molecule is C[Si](C)(C)C#CCOCC1=CC=C1. The monoisotopic (exact) mass is 192 g/mol. The van der Waals surface area contributed by atoms with Crippen LogP contribution in [0.5, 0.6) is 0 Å². The molecule has 70 valence electrons. The van der Waals surface area contributed by atoms with Gasteiger partial charge in [-0.2, -0.15) is 0 Å². The molecular formula is C11H16OSi. The third kappa shape index (κ3) is 4.71. The van der Waals surface area contributed by atoms with Crippen LogP contribution in [0, 0.1) is 11.5 Å². The molecule has 0 N–H and O–H groups in total. The predicted octanol–water partition coefficient (Wildman–Crippen LogP) is 2.38. The lowest BCUT2D eigenvalue weighted by Crippen LogP contribution is -2.16. The summed E-state index contributed by atoms with van der Waals surface area (Å²) in [6.07, 6.45) is 6.14. The number of rotatable bonds is 3. The molecule has 2 heteroatoms. The van der Waals surface area contributed by atoms with Crippen molar-refractivity contribution in [1.82, 2.24) is 0 Å². The van der Waals surface area contributed by atoms with Gasteiger partial charge in [-0.15, -0.1) is 5.54 Å². The molecule has 13 heavy (non-hydrogen) atoms. The van der Waals surface area contributed by atoms with Gasteiger partial charge in [-0.25, -0.2) is 0 Å². The Morgan fingerprint density at radius 2 is 2.08 bits per heavy atom. The molecule has 0 amide bonds. The molecule has 0 radical (unpaired) electrons. The molecule has 0 aromatic rings.